The van der Waals surface area contributed by atoms with Crippen LogP contribution in [0.25, 0.3) is 0 Å². The van der Waals surface area contributed by atoms with Crippen LogP contribution >= 0.6 is 11.6 Å². The molecule has 0 aliphatic rings. The number of hydrogen-bond acceptors (Lipinski definition) is 2. The second-order valence-electron chi connectivity index (χ2n) is 5.54. The van der Waals surface area contributed by atoms with Gasteiger partial charge in [-0.15, -0.1) is 0 Å². The summed E-state index contributed by atoms with van der Waals surface area (Å²) in [6.45, 7) is 6.66. The minimum Gasteiger partial charge on any atom is -0.348 e. The SMILES string of the molecule is CCCC[C@@H](CC)CNC(=O)C(=O)Nc1ccc(C)c(Cl)c1. The fourth-order valence-corrected chi connectivity index (χ4v) is 2.30. The molecule has 2 amide bonds. The lowest BCUT2D eigenvalue weighted by atomic mass is 9.99. The first-order valence-electron chi connectivity index (χ1n) is 7.83. The molecule has 1 atom stereocenters. The summed E-state index contributed by atoms with van der Waals surface area (Å²) in [5.74, 6) is -0.845. The minimum absolute atomic E-state index is 0.422. The quantitative estimate of drug-likeness (QED) is 0.747. The zero-order valence-electron chi connectivity index (χ0n) is 13.5. The van der Waals surface area contributed by atoms with E-state index in [0.29, 0.717) is 23.2 Å². The summed E-state index contributed by atoms with van der Waals surface area (Å²) in [7, 11) is 0. The third kappa shape index (κ3) is 6.06. The van der Waals surface area contributed by atoms with Crippen molar-refractivity contribution in [1.82, 2.24) is 5.32 Å². The Morgan fingerprint density at radius 2 is 1.95 bits per heavy atom. The molecule has 0 aliphatic heterocycles. The lowest BCUT2D eigenvalue weighted by Crippen LogP contribution is -2.38. The Balaban J connectivity index is 2.47. The van der Waals surface area contributed by atoms with Crippen molar-refractivity contribution in [2.45, 2.75) is 46.5 Å². The average Bonchev–Trinajstić information content (AvgIpc) is 2.50. The predicted molar refractivity (Wildman–Crippen MR) is 91.1 cm³/mol. The summed E-state index contributed by atoms with van der Waals surface area (Å²) in [6, 6.07) is 5.16. The Labute approximate surface area is 137 Å². The normalized spacial score (nSPS) is 11.8. The highest BCUT2D eigenvalue weighted by molar-refractivity contribution is 6.39. The number of carbonyl (C=O) groups is 2. The van der Waals surface area contributed by atoms with Crippen molar-refractivity contribution >= 4 is 29.1 Å². The van der Waals surface area contributed by atoms with Gasteiger partial charge in [0.2, 0.25) is 0 Å². The maximum absolute atomic E-state index is 11.9. The zero-order valence-corrected chi connectivity index (χ0v) is 14.3. The lowest BCUT2D eigenvalue weighted by Gasteiger charge is -2.15. The summed E-state index contributed by atoms with van der Waals surface area (Å²) < 4.78 is 0. The Morgan fingerprint density at radius 1 is 1.23 bits per heavy atom. The van der Waals surface area contributed by atoms with Gasteiger partial charge in [0.1, 0.15) is 0 Å². The molecule has 0 unspecified atom stereocenters. The van der Waals surface area contributed by atoms with Crippen molar-refractivity contribution < 1.29 is 9.59 Å². The molecular weight excluding hydrogens is 300 g/mol. The molecule has 2 N–H and O–H groups in total. The number of halogens is 1. The number of amides is 2. The Hall–Kier alpha value is -1.55. The lowest BCUT2D eigenvalue weighted by molar-refractivity contribution is -0.136. The molecule has 122 valence electrons. The molecule has 0 radical (unpaired) electrons. The van der Waals surface area contributed by atoms with Gasteiger partial charge in [-0.1, -0.05) is 50.8 Å². The second-order valence-corrected chi connectivity index (χ2v) is 5.95. The number of carbonyl (C=O) groups excluding carboxylic acids is 2. The number of benzene rings is 1. The third-order valence-electron chi connectivity index (χ3n) is 3.73. The standard InChI is InChI=1S/C17H25ClN2O2/c1-4-6-7-13(5-2)11-19-16(21)17(22)20-14-9-8-12(3)15(18)10-14/h8-10,13H,4-7,11H2,1-3H3,(H,19,21)(H,20,22)/t13-/m1/s1. The van der Waals surface area contributed by atoms with Crippen LogP contribution in [-0.2, 0) is 9.59 Å². The molecule has 1 rings (SSSR count). The van der Waals surface area contributed by atoms with Gasteiger partial charge in [0.05, 0.1) is 0 Å². The van der Waals surface area contributed by atoms with Gasteiger partial charge in [-0.2, -0.15) is 0 Å². The largest absolute Gasteiger partial charge is 0.348 e. The molecule has 0 aliphatic carbocycles. The third-order valence-corrected chi connectivity index (χ3v) is 4.14. The molecule has 0 spiro atoms. The number of hydrogen-bond donors (Lipinski definition) is 2. The molecule has 0 heterocycles. The smallest absolute Gasteiger partial charge is 0.313 e. The monoisotopic (exact) mass is 324 g/mol. The van der Waals surface area contributed by atoms with E-state index < -0.39 is 11.8 Å². The Bertz CT molecular complexity index is 517. The van der Waals surface area contributed by atoms with Crippen LogP contribution < -0.4 is 10.6 Å². The van der Waals surface area contributed by atoms with Crippen molar-refractivity contribution in [1.29, 1.82) is 0 Å². The van der Waals surface area contributed by atoms with Crippen molar-refractivity contribution in [3.05, 3.63) is 28.8 Å². The molecule has 5 heteroatoms. The van der Waals surface area contributed by atoms with Gasteiger partial charge in [-0.3, -0.25) is 9.59 Å². The topological polar surface area (TPSA) is 58.2 Å². The Kier molecular flexibility index (Phi) is 7.96. The highest BCUT2D eigenvalue weighted by atomic mass is 35.5. The zero-order chi connectivity index (χ0) is 16.5. The molecule has 1 aromatic rings. The predicted octanol–water partition coefficient (Wildman–Crippen LogP) is 3.92. The number of aryl methyl sites for hydroxylation is 1. The minimum atomic E-state index is -0.662. The first-order chi connectivity index (χ1) is 10.5. The van der Waals surface area contributed by atoms with Crippen LogP contribution in [0, 0.1) is 12.8 Å². The number of unbranched alkanes of at least 4 members (excludes halogenated alkanes) is 1. The van der Waals surface area contributed by atoms with Crippen molar-refractivity contribution in [2.75, 3.05) is 11.9 Å². The van der Waals surface area contributed by atoms with Crippen LogP contribution in [-0.4, -0.2) is 18.4 Å². The van der Waals surface area contributed by atoms with Crippen LogP contribution in [0.15, 0.2) is 18.2 Å². The summed E-state index contributed by atoms with van der Waals surface area (Å²) in [5, 5.41) is 5.82. The van der Waals surface area contributed by atoms with E-state index in [1.807, 2.05) is 6.92 Å². The maximum Gasteiger partial charge on any atom is 0.313 e. The Morgan fingerprint density at radius 3 is 2.55 bits per heavy atom. The van der Waals surface area contributed by atoms with Crippen LogP contribution in [0.5, 0.6) is 0 Å². The van der Waals surface area contributed by atoms with Gasteiger partial charge < -0.3 is 10.6 Å². The first-order valence-corrected chi connectivity index (χ1v) is 8.21. The molecule has 0 saturated carbocycles. The van der Waals surface area contributed by atoms with E-state index in [4.69, 9.17) is 11.6 Å². The van der Waals surface area contributed by atoms with Gasteiger partial charge >= 0.3 is 11.8 Å². The molecule has 22 heavy (non-hydrogen) atoms. The van der Waals surface area contributed by atoms with E-state index >= 15 is 0 Å². The average molecular weight is 325 g/mol. The first kappa shape index (κ1) is 18.5. The molecule has 0 fully saturated rings. The highest BCUT2D eigenvalue weighted by Crippen LogP contribution is 2.19. The molecular formula is C17H25ClN2O2. The van der Waals surface area contributed by atoms with Gasteiger partial charge in [0, 0.05) is 17.3 Å². The maximum atomic E-state index is 11.9. The highest BCUT2D eigenvalue weighted by Gasteiger charge is 2.15. The van der Waals surface area contributed by atoms with Crippen LogP contribution in [0.3, 0.4) is 0 Å². The molecule has 1 aromatic carbocycles. The number of rotatable bonds is 7. The van der Waals surface area contributed by atoms with Crippen LogP contribution in [0.1, 0.15) is 45.1 Å². The number of nitrogens with one attached hydrogen (secondary N) is 2. The molecule has 4 nitrogen and oxygen atoms in total. The van der Waals surface area contributed by atoms with Gasteiger partial charge in [-0.05, 0) is 37.0 Å². The summed E-state index contributed by atoms with van der Waals surface area (Å²) in [6.07, 6.45) is 4.35. The van der Waals surface area contributed by atoms with Gasteiger partial charge in [-0.25, -0.2) is 0 Å². The van der Waals surface area contributed by atoms with E-state index in [2.05, 4.69) is 24.5 Å². The second kappa shape index (κ2) is 9.46. The van der Waals surface area contributed by atoms with Crippen LogP contribution in [0.4, 0.5) is 5.69 Å². The fraction of sp³-hybridized carbons (Fsp3) is 0.529. The van der Waals surface area contributed by atoms with Crippen LogP contribution in [0.2, 0.25) is 5.02 Å². The fourth-order valence-electron chi connectivity index (χ4n) is 2.12. The molecule has 0 aromatic heterocycles. The van der Waals surface area contributed by atoms with E-state index in [1.54, 1.807) is 18.2 Å². The van der Waals surface area contributed by atoms with E-state index in [-0.39, 0.29) is 0 Å². The van der Waals surface area contributed by atoms with Gasteiger partial charge in [0.25, 0.3) is 0 Å². The summed E-state index contributed by atoms with van der Waals surface area (Å²) >= 11 is 6.00. The van der Waals surface area contributed by atoms with E-state index in [9.17, 15) is 9.59 Å². The molecule has 0 saturated heterocycles. The van der Waals surface area contributed by atoms with Crippen molar-refractivity contribution in [2.24, 2.45) is 5.92 Å². The van der Waals surface area contributed by atoms with E-state index in [1.165, 1.54) is 0 Å². The van der Waals surface area contributed by atoms with E-state index in [0.717, 1.165) is 31.2 Å². The molecule has 0 bridgehead atoms. The van der Waals surface area contributed by atoms with Crippen molar-refractivity contribution in [3.8, 4) is 0 Å². The summed E-state index contributed by atoms with van der Waals surface area (Å²) in [4.78, 5) is 23.7. The summed E-state index contributed by atoms with van der Waals surface area (Å²) in [5.41, 5.74) is 1.44. The van der Waals surface area contributed by atoms with Gasteiger partial charge in [0.15, 0.2) is 0 Å². The number of anilines is 1. The van der Waals surface area contributed by atoms with Crippen molar-refractivity contribution in [3.63, 3.8) is 0 Å².